The summed E-state index contributed by atoms with van der Waals surface area (Å²) in [5.74, 6) is 0.902. The highest BCUT2D eigenvalue weighted by Crippen LogP contribution is 2.26. The van der Waals surface area contributed by atoms with Crippen LogP contribution < -0.4 is 21.1 Å². The molecule has 0 aliphatic carbocycles. The van der Waals surface area contributed by atoms with Crippen LogP contribution in [-0.4, -0.2) is 11.9 Å². The number of primary amides is 1. The van der Waals surface area contributed by atoms with E-state index in [2.05, 4.69) is 10.6 Å². The molecule has 4 N–H and O–H groups in total. The van der Waals surface area contributed by atoms with Gasteiger partial charge in [-0.25, -0.2) is 4.79 Å². The third-order valence-electron chi connectivity index (χ3n) is 4.22. The molecule has 0 spiro atoms. The van der Waals surface area contributed by atoms with Gasteiger partial charge < -0.3 is 21.1 Å². The lowest BCUT2D eigenvalue weighted by Crippen LogP contribution is -2.35. The molecule has 0 unspecified atom stereocenters. The first-order valence-corrected chi connectivity index (χ1v) is 9.22. The average Bonchev–Trinajstić information content (AvgIpc) is 2.74. The number of hydrogen-bond acceptors (Lipinski definition) is 4. The smallest absolute Gasteiger partial charge is 0.312 e. The number of rotatable bonds is 7. The van der Waals surface area contributed by atoms with Crippen molar-refractivity contribution < 1.29 is 14.3 Å². The Kier molecular flexibility index (Phi) is 6.64. The number of urea groups is 1. The molecule has 0 aliphatic heterocycles. The molecule has 3 aromatic carbocycles. The summed E-state index contributed by atoms with van der Waals surface area (Å²) in [6, 6.07) is 23.6. The molecule has 0 radical (unpaired) electrons. The number of nitrogens with two attached hydrogens (primary N) is 1. The number of amides is 3. The average molecular weight is 400 g/mol. The molecular weight excluding hydrogens is 380 g/mol. The predicted octanol–water partition coefficient (Wildman–Crippen LogP) is 4.09. The number of hydrogen-bond donors (Lipinski definition) is 3. The molecule has 7 heteroatoms. The van der Waals surface area contributed by atoms with E-state index in [0.29, 0.717) is 28.3 Å². The van der Waals surface area contributed by atoms with Crippen LogP contribution in [0.3, 0.4) is 0 Å². The maximum atomic E-state index is 12.5. The van der Waals surface area contributed by atoms with Gasteiger partial charge in [0.05, 0.1) is 24.1 Å². The minimum Gasteiger partial charge on any atom is -0.457 e. The molecule has 0 fully saturated rings. The van der Waals surface area contributed by atoms with Gasteiger partial charge in [-0.05, 0) is 48.0 Å². The highest BCUT2D eigenvalue weighted by Gasteiger charge is 2.18. The molecule has 0 heterocycles. The number of anilines is 1. The van der Waals surface area contributed by atoms with E-state index in [-0.39, 0.29) is 12.3 Å². The van der Waals surface area contributed by atoms with Crippen molar-refractivity contribution >= 4 is 17.6 Å². The van der Waals surface area contributed by atoms with Crippen LogP contribution in [0.2, 0.25) is 0 Å². The summed E-state index contributed by atoms with van der Waals surface area (Å²) in [6.07, 6.45) is -0.0471. The Balaban J connectivity index is 1.75. The number of carbonyl (C=O) groups is 2. The van der Waals surface area contributed by atoms with Crippen LogP contribution in [0, 0.1) is 11.3 Å². The van der Waals surface area contributed by atoms with Crippen molar-refractivity contribution in [1.29, 1.82) is 5.26 Å². The SMILES string of the molecule is N#Cc1cccc(NC(=O)C[C@@H](NC(N)=O)c2cccc(Oc3ccccc3)c2)c1. The fourth-order valence-electron chi connectivity index (χ4n) is 2.91. The standard InChI is InChI=1S/C23H20N4O3/c24-15-16-6-4-8-18(12-16)26-22(28)14-21(27-23(25)29)17-7-5-11-20(13-17)30-19-9-2-1-3-10-19/h1-13,21H,14H2,(H,26,28)(H3,25,27,29)/t21-/m1/s1. The van der Waals surface area contributed by atoms with E-state index in [4.69, 9.17) is 15.7 Å². The molecule has 0 aliphatic rings. The second-order valence-electron chi connectivity index (χ2n) is 6.49. The minimum atomic E-state index is -0.742. The molecule has 1 atom stereocenters. The first-order valence-electron chi connectivity index (χ1n) is 9.22. The minimum absolute atomic E-state index is 0.0471. The Labute approximate surface area is 174 Å². The Morgan fingerprint density at radius 3 is 2.43 bits per heavy atom. The van der Waals surface area contributed by atoms with Crippen molar-refractivity contribution in [1.82, 2.24) is 5.32 Å². The summed E-state index contributed by atoms with van der Waals surface area (Å²) in [5, 5.41) is 14.3. The van der Waals surface area contributed by atoms with Crippen molar-refractivity contribution in [3.8, 4) is 17.6 Å². The Morgan fingerprint density at radius 1 is 0.967 bits per heavy atom. The highest BCUT2D eigenvalue weighted by atomic mass is 16.5. The van der Waals surface area contributed by atoms with Gasteiger partial charge in [-0.3, -0.25) is 4.79 Å². The molecule has 3 aromatic rings. The number of para-hydroxylation sites is 1. The fourth-order valence-corrected chi connectivity index (χ4v) is 2.91. The zero-order valence-electron chi connectivity index (χ0n) is 16.0. The van der Waals surface area contributed by atoms with E-state index in [0.717, 1.165) is 0 Å². The second kappa shape index (κ2) is 9.75. The molecule has 7 nitrogen and oxygen atoms in total. The van der Waals surface area contributed by atoms with Crippen LogP contribution in [0.1, 0.15) is 23.6 Å². The molecular formula is C23H20N4O3. The van der Waals surface area contributed by atoms with Gasteiger partial charge in [0.2, 0.25) is 5.91 Å². The third kappa shape index (κ3) is 5.84. The molecule has 0 saturated heterocycles. The summed E-state index contributed by atoms with van der Waals surface area (Å²) in [5.41, 5.74) is 6.91. The van der Waals surface area contributed by atoms with Crippen LogP contribution in [0.25, 0.3) is 0 Å². The maximum absolute atomic E-state index is 12.5. The monoisotopic (exact) mass is 400 g/mol. The lowest BCUT2D eigenvalue weighted by Gasteiger charge is -2.19. The van der Waals surface area contributed by atoms with E-state index in [1.807, 2.05) is 36.4 Å². The third-order valence-corrected chi connectivity index (χ3v) is 4.22. The lowest BCUT2D eigenvalue weighted by molar-refractivity contribution is -0.116. The van der Waals surface area contributed by atoms with Gasteiger partial charge in [-0.2, -0.15) is 5.26 Å². The number of ether oxygens (including phenoxy) is 1. The van der Waals surface area contributed by atoms with E-state index >= 15 is 0 Å². The number of carbonyl (C=O) groups excluding carboxylic acids is 2. The lowest BCUT2D eigenvalue weighted by atomic mass is 10.0. The van der Waals surface area contributed by atoms with E-state index in [1.54, 1.807) is 48.5 Å². The van der Waals surface area contributed by atoms with Gasteiger partial charge in [0.25, 0.3) is 0 Å². The van der Waals surface area contributed by atoms with Crippen molar-refractivity contribution in [3.05, 3.63) is 90.0 Å². The van der Waals surface area contributed by atoms with E-state index in [9.17, 15) is 9.59 Å². The summed E-state index contributed by atoms with van der Waals surface area (Å²) in [7, 11) is 0. The van der Waals surface area contributed by atoms with E-state index in [1.165, 1.54) is 0 Å². The van der Waals surface area contributed by atoms with Gasteiger partial charge in [-0.15, -0.1) is 0 Å². The first-order chi connectivity index (χ1) is 14.5. The van der Waals surface area contributed by atoms with Crippen LogP contribution in [0.4, 0.5) is 10.5 Å². The van der Waals surface area contributed by atoms with Crippen LogP contribution in [-0.2, 0) is 4.79 Å². The predicted molar refractivity (Wildman–Crippen MR) is 113 cm³/mol. The zero-order chi connectivity index (χ0) is 21.3. The summed E-state index contributed by atoms with van der Waals surface area (Å²) in [4.78, 5) is 24.0. The highest BCUT2D eigenvalue weighted by molar-refractivity contribution is 5.91. The molecule has 0 bridgehead atoms. The Morgan fingerprint density at radius 2 is 1.70 bits per heavy atom. The first kappa shape index (κ1) is 20.4. The molecule has 3 amide bonds. The Hall–Kier alpha value is -4.31. The molecule has 30 heavy (non-hydrogen) atoms. The van der Waals surface area contributed by atoms with Gasteiger partial charge in [0.15, 0.2) is 0 Å². The number of benzene rings is 3. The molecule has 150 valence electrons. The maximum Gasteiger partial charge on any atom is 0.312 e. The quantitative estimate of drug-likeness (QED) is 0.554. The summed E-state index contributed by atoms with van der Waals surface area (Å²) >= 11 is 0. The largest absolute Gasteiger partial charge is 0.457 e. The Bertz CT molecular complexity index is 1080. The van der Waals surface area contributed by atoms with Gasteiger partial charge in [0, 0.05) is 5.69 Å². The topological polar surface area (TPSA) is 117 Å². The number of nitrogens with one attached hydrogen (secondary N) is 2. The summed E-state index contributed by atoms with van der Waals surface area (Å²) in [6.45, 7) is 0. The zero-order valence-corrected chi connectivity index (χ0v) is 16.0. The van der Waals surface area contributed by atoms with Gasteiger partial charge in [-0.1, -0.05) is 36.4 Å². The number of nitrogens with zero attached hydrogens (tertiary/aromatic N) is 1. The van der Waals surface area contributed by atoms with Crippen LogP contribution in [0.5, 0.6) is 11.5 Å². The van der Waals surface area contributed by atoms with Crippen LogP contribution in [0.15, 0.2) is 78.9 Å². The summed E-state index contributed by atoms with van der Waals surface area (Å²) < 4.78 is 5.83. The number of nitriles is 1. The second-order valence-corrected chi connectivity index (χ2v) is 6.49. The molecule has 0 saturated carbocycles. The normalized spacial score (nSPS) is 11.0. The van der Waals surface area contributed by atoms with Crippen molar-refractivity contribution in [2.24, 2.45) is 5.73 Å². The van der Waals surface area contributed by atoms with Crippen molar-refractivity contribution in [3.63, 3.8) is 0 Å². The van der Waals surface area contributed by atoms with Crippen molar-refractivity contribution in [2.45, 2.75) is 12.5 Å². The van der Waals surface area contributed by atoms with Gasteiger partial charge >= 0.3 is 6.03 Å². The van der Waals surface area contributed by atoms with Crippen molar-refractivity contribution in [2.75, 3.05) is 5.32 Å². The molecule has 3 rings (SSSR count). The molecule has 0 aromatic heterocycles. The fraction of sp³-hybridized carbons (Fsp3) is 0.0870. The van der Waals surface area contributed by atoms with Crippen LogP contribution >= 0.6 is 0 Å². The van der Waals surface area contributed by atoms with E-state index < -0.39 is 12.1 Å². The van der Waals surface area contributed by atoms with Gasteiger partial charge in [0.1, 0.15) is 11.5 Å².